The average Bonchev–Trinajstić information content (AvgIpc) is 0.918. The number of rotatable bonds is 0. The molecule has 0 rings (SSSR count). The molecule has 0 aliphatic heterocycles. The number of hydrogen-bond donors (Lipinski definition) is 0. The van der Waals surface area contributed by atoms with Gasteiger partial charge in [0.2, 0.25) is 0 Å². The fourth-order valence-corrected chi connectivity index (χ4v) is 0. The van der Waals surface area contributed by atoms with E-state index < -0.39 is 8.69 Å². The molecule has 0 aliphatic rings. The van der Waals surface area contributed by atoms with Gasteiger partial charge in [-0.1, -0.05) is 0 Å². The minimum Gasteiger partial charge on any atom is -0.772 e. The molecule has 0 heterocycles. The van der Waals surface area contributed by atoms with Crippen LogP contribution in [0.15, 0.2) is 0 Å². The topological polar surface area (TPSA) is 40.1 Å². The molecule has 0 saturated heterocycles. The normalized spacial score (nSPS) is 5.25. The molecule has 0 saturated carbocycles. The molecule has 4 heavy (non-hydrogen) atoms. The van der Waals surface area contributed by atoms with E-state index >= 15 is 0 Å². The smallest absolute Gasteiger partial charge is 0.772 e. The first-order valence-corrected chi connectivity index (χ1v) is 1.10. The van der Waals surface area contributed by atoms with Crippen LogP contribution in [-0.2, 0) is 32.2 Å². The zero-order chi connectivity index (χ0) is 2.71. The summed E-state index contributed by atoms with van der Waals surface area (Å²) in [6, 6.07) is 0. The standard InChI is InChI=1S/Hg.HO2P/c;1-3-2/h;(H,1,2)/q+1;/p-1. The fourth-order valence-electron chi connectivity index (χ4n) is 0. The first kappa shape index (κ1) is 8.89. The van der Waals surface area contributed by atoms with Crippen molar-refractivity contribution in [1.29, 1.82) is 0 Å². The van der Waals surface area contributed by atoms with E-state index in [0.29, 0.717) is 0 Å². The Morgan fingerprint density at radius 3 is 1.75 bits per heavy atom. The summed E-state index contributed by atoms with van der Waals surface area (Å²) in [5.41, 5.74) is 0. The van der Waals surface area contributed by atoms with Crippen molar-refractivity contribution < 1.29 is 37.1 Å². The van der Waals surface area contributed by atoms with E-state index in [1.807, 2.05) is 0 Å². The predicted molar refractivity (Wildman–Crippen MR) is 7.61 cm³/mol. The van der Waals surface area contributed by atoms with E-state index in [-0.39, 0.29) is 27.7 Å². The first-order chi connectivity index (χ1) is 1.41. The summed E-state index contributed by atoms with van der Waals surface area (Å²) < 4.78 is 8.35. The van der Waals surface area contributed by atoms with Gasteiger partial charge in [0.05, 0.1) is 8.69 Å². The Labute approximate surface area is 46.0 Å². The molecule has 19 valence electrons. The van der Waals surface area contributed by atoms with Crippen LogP contribution in [0, 0.1) is 0 Å². The summed E-state index contributed by atoms with van der Waals surface area (Å²) in [5, 5.41) is 0. The van der Waals surface area contributed by atoms with Crippen molar-refractivity contribution in [3.05, 3.63) is 0 Å². The van der Waals surface area contributed by atoms with Gasteiger partial charge in [-0.25, -0.2) is 0 Å². The maximum Gasteiger partial charge on any atom is 1.00 e. The summed E-state index contributed by atoms with van der Waals surface area (Å²) >= 11 is 0. The van der Waals surface area contributed by atoms with Gasteiger partial charge in [0.1, 0.15) is 0 Å². The van der Waals surface area contributed by atoms with Crippen LogP contribution in [0.25, 0.3) is 0 Å². The van der Waals surface area contributed by atoms with Crippen molar-refractivity contribution in [3.8, 4) is 0 Å². The Kier molecular flexibility index (Phi) is 20.0. The van der Waals surface area contributed by atoms with Crippen LogP contribution < -0.4 is 4.89 Å². The second-order valence-corrected chi connectivity index (χ2v) is 0.224. The Hall–Kier alpha value is 0.995. The first-order valence-electron chi connectivity index (χ1n) is 0.365. The van der Waals surface area contributed by atoms with Gasteiger partial charge in [-0.15, -0.1) is 0 Å². The molecular formula is HgO2P. The third kappa shape index (κ3) is 12.0. The molecule has 0 aromatic carbocycles. The summed E-state index contributed by atoms with van der Waals surface area (Å²) in [6.45, 7) is 0. The van der Waals surface area contributed by atoms with Gasteiger partial charge in [0, 0.05) is 0 Å². The van der Waals surface area contributed by atoms with Crippen LogP contribution in [0.2, 0.25) is 0 Å². The van der Waals surface area contributed by atoms with Crippen molar-refractivity contribution in [1.82, 2.24) is 0 Å². The predicted octanol–water partition coefficient (Wildman–Crippen LogP) is -0.449. The molecule has 1 radical (unpaired) electrons. The van der Waals surface area contributed by atoms with E-state index in [1.54, 1.807) is 0 Å². The zero-order valence-corrected chi connectivity index (χ0v) is 8.36. The minimum absolute atomic E-state index is 0. The van der Waals surface area contributed by atoms with Gasteiger partial charge in [-0.05, 0) is 0 Å². The van der Waals surface area contributed by atoms with Crippen LogP contribution in [0.5, 0.6) is 0 Å². The van der Waals surface area contributed by atoms with Gasteiger partial charge in [0.25, 0.3) is 0 Å². The molecule has 0 aromatic rings. The largest absolute Gasteiger partial charge is 1.00 e. The second-order valence-electron chi connectivity index (χ2n) is 0.0745. The summed E-state index contributed by atoms with van der Waals surface area (Å²) in [5.74, 6) is 0. The van der Waals surface area contributed by atoms with Gasteiger partial charge >= 0.3 is 27.7 Å². The third-order valence-corrected chi connectivity index (χ3v) is 0. The fraction of sp³-hybridized carbons (Fsp3) is 0. The van der Waals surface area contributed by atoms with Crippen LogP contribution in [-0.4, -0.2) is 0 Å². The van der Waals surface area contributed by atoms with Gasteiger partial charge in [0.15, 0.2) is 0 Å². The maximum atomic E-state index is 8.35. The second kappa shape index (κ2) is 9.00. The molecule has 0 fully saturated rings. The Morgan fingerprint density at radius 1 is 1.75 bits per heavy atom. The monoisotopic (exact) mass is 265 g/mol. The van der Waals surface area contributed by atoms with Crippen LogP contribution in [0.1, 0.15) is 0 Å². The van der Waals surface area contributed by atoms with E-state index in [2.05, 4.69) is 0 Å². The summed E-state index contributed by atoms with van der Waals surface area (Å²) in [7, 11) is -1.08. The summed E-state index contributed by atoms with van der Waals surface area (Å²) in [6.07, 6.45) is 0. The van der Waals surface area contributed by atoms with Crippen LogP contribution in [0.3, 0.4) is 0 Å². The zero-order valence-electron chi connectivity index (χ0n) is 1.97. The van der Waals surface area contributed by atoms with Gasteiger partial charge < -0.3 is 4.89 Å². The maximum absolute atomic E-state index is 8.35. The molecule has 0 unspecified atom stereocenters. The molecule has 0 amide bonds. The van der Waals surface area contributed by atoms with Crippen molar-refractivity contribution in [2.24, 2.45) is 0 Å². The van der Waals surface area contributed by atoms with Crippen LogP contribution >= 0.6 is 8.69 Å². The molecule has 4 heteroatoms. The Balaban J connectivity index is 0. The Bertz CT molecular complexity index is 13.5. The van der Waals surface area contributed by atoms with Crippen molar-refractivity contribution >= 4 is 8.69 Å². The van der Waals surface area contributed by atoms with Crippen LogP contribution in [0.4, 0.5) is 0 Å². The molecule has 0 aromatic heterocycles. The van der Waals surface area contributed by atoms with Gasteiger partial charge in [-0.3, -0.25) is 4.57 Å². The molecule has 0 bridgehead atoms. The van der Waals surface area contributed by atoms with Crippen molar-refractivity contribution in [2.75, 3.05) is 0 Å². The number of hydrogen-bond acceptors (Lipinski definition) is 2. The van der Waals surface area contributed by atoms with E-state index in [4.69, 9.17) is 9.46 Å². The molecular weight excluding hydrogens is 264 g/mol. The van der Waals surface area contributed by atoms with Crippen molar-refractivity contribution in [2.45, 2.75) is 0 Å². The Morgan fingerprint density at radius 2 is 1.75 bits per heavy atom. The SMILES string of the molecule is O=P[O-].[Hg+]. The molecule has 0 atom stereocenters. The van der Waals surface area contributed by atoms with Crippen molar-refractivity contribution in [3.63, 3.8) is 0 Å². The van der Waals surface area contributed by atoms with E-state index in [9.17, 15) is 0 Å². The molecule has 0 N–H and O–H groups in total. The average molecular weight is 264 g/mol. The third-order valence-electron chi connectivity index (χ3n) is 0. The molecule has 0 aliphatic carbocycles. The minimum atomic E-state index is -1.08. The van der Waals surface area contributed by atoms with E-state index in [1.165, 1.54) is 0 Å². The van der Waals surface area contributed by atoms with Gasteiger partial charge in [-0.2, -0.15) is 0 Å². The molecule has 0 spiro atoms. The quantitative estimate of drug-likeness (QED) is 0.439. The van der Waals surface area contributed by atoms with E-state index in [0.717, 1.165) is 0 Å². The molecule has 2 nitrogen and oxygen atoms in total. The summed E-state index contributed by atoms with van der Waals surface area (Å²) in [4.78, 5) is 8.35.